The molecule has 12 heteroatoms. The van der Waals surface area contributed by atoms with E-state index in [2.05, 4.69) is 15.0 Å². The molecular weight excluding hydrogens is 500 g/mol. The lowest BCUT2D eigenvalue weighted by Gasteiger charge is -2.14. The quantitative estimate of drug-likeness (QED) is 0.359. The van der Waals surface area contributed by atoms with Gasteiger partial charge < -0.3 is 37.8 Å². The second-order valence-corrected chi connectivity index (χ2v) is 7.93. The Kier molecular flexibility index (Phi) is 8.00. The molecule has 4 rings (SSSR count). The van der Waals surface area contributed by atoms with Crippen molar-refractivity contribution < 1.29 is 47.4 Å². The molecule has 0 saturated heterocycles. The van der Waals surface area contributed by atoms with E-state index in [1.165, 1.54) is 14.2 Å². The van der Waals surface area contributed by atoms with E-state index >= 15 is 0 Å². The summed E-state index contributed by atoms with van der Waals surface area (Å²) in [7, 11) is 6.96. The molecule has 0 spiro atoms. The molecule has 1 aliphatic rings. The fraction of sp³-hybridized carbons (Fsp3) is 0.308. The van der Waals surface area contributed by atoms with Crippen LogP contribution in [0, 0.1) is 0 Å². The number of nitrogens with zero attached hydrogens (tertiary/aromatic N) is 2. The summed E-state index contributed by atoms with van der Waals surface area (Å²) >= 11 is 0. The smallest absolute Gasteiger partial charge is 0.377 e. The second-order valence-electron chi connectivity index (χ2n) is 7.93. The van der Waals surface area contributed by atoms with Crippen LogP contribution in [0.3, 0.4) is 0 Å². The molecule has 2 heterocycles. The summed E-state index contributed by atoms with van der Waals surface area (Å²) < 4.78 is 36.6. The lowest BCUT2D eigenvalue weighted by atomic mass is 10.0. The number of carbonyl (C=O) groups is 2. The molecule has 1 atom stereocenters. The SMILES string of the molecule is COC(=O)c1onc(-c2ccc(OCC3CC(c4ccc(OC)c(OC)c4)=NO3)c(OC)c2)c1C(=O)OC. The predicted molar refractivity (Wildman–Crippen MR) is 132 cm³/mol. The van der Waals surface area contributed by atoms with Gasteiger partial charge in [0.05, 0.1) is 41.3 Å². The summed E-state index contributed by atoms with van der Waals surface area (Å²) in [5.74, 6) is -0.0182. The first-order chi connectivity index (χ1) is 18.4. The maximum absolute atomic E-state index is 12.4. The van der Waals surface area contributed by atoms with Crippen LogP contribution in [0.4, 0.5) is 0 Å². The highest BCUT2D eigenvalue weighted by atomic mass is 16.7. The molecule has 0 bridgehead atoms. The topological polar surface area (TPSA) is 137 Å². The minimum Gasteiger partial charge on any atom is -0.493 e. The Morgan fingerprint density at radius 2 is 1.47 bits per heavy atom. The van der Waals surface area contributed by atoms with Crippen LogP contribution in [0.15, 0.2) is 46.1 Å². The third kappa shape index (κ3) is 5.19. The number of oxime groups is 1. The van der Waals surface area contributed by atoms with Crippen molar-refractivity contribution in [2.75, 3.05) is 42.2 Å². The molecule has 12 nitrogen and oxygen atoms in total. The van der Waals surface area contributed by atoms with Crippen LogP contribution < -0.4 is 18.9 Å². The van der Waals surface area contributed by atoms with E-state index in [0.717, 1.165) is 18.4 Å². The normalized spacial score (nSPS) is 14.2. The molecule has 0 amide bonds. The fourth-order valence-electron chi connectivity index (χ4n) is 3.83. The molecule has 38 heavy (non-hydrogen) atoms. The zero-order valence-electron chi connectivity index (χ0n) is 21.4. The molecule has 1 unspecified atom stereocenters. The first-order valence-electron chi connectivity index (χ1n) is 11.4. The molecule has 0 aliphatic carbocycles. The lowest BCUT2D eigenvalue weighted by Crippen LogP contribution is -2.18. The summed E-state index contributed by atoms with van der Waals surface area (Å²) in [6.07, 6.45) is 0.194. The lowest BCUT2D eigenvalue weighted by molar-refractivity contribution is 0.0463. The van der Waals surface area contributed by atoms with Gasteiger partial charge in [-0.1, -0.05) is 10.3 Å². The van der Waals surface area contributed by atoms with E-state index in [1.54, 1.807) is 32.4 Å². The molecule has 0 radical (unpaired) electrons. The number of rotatable bonds is 10. The van der Waals surface area contributed by atoms with Crippen molar-refractivity contribution in [3.63, 3.8) is 0 Å². The van der Waals surface area contributed by atoms with Gasteiger partial charge in [-0.3, -0.25) is 0 Å². The summed E-state index contributed by atoms with van der Waals surface area (Å²) in [6.45, 7) is 0.194. The monoisotopic (exact) mass is 526 g/mol. The van der Waals surface area contributed by atoms with Crippen molar-refractivity contribution in [3.8, 4) is 34.3 Å². The highest BCUT2D eigenvalue weighted by molar-refractivity contribution is 6.05. The minimum absolute atomic E-state index is 0.0918. The number of carbonyl (C=O) groups excluding carboxylic acids is 2. The van der Waals surface area contributed by atoms with Gasteiger partial charge in [0.2, 0.25) is 0 Å². The van der Waals surface area contributed by atoms with Crippen molar-refractivity contribution >= 4 is 17.7 Å². The average Bonchev–Trinajstić information content (AvgIpc) is 3.62. The zero-order valence-corrected chi connectivity index (χ0v) is 21.4. The number of ether oxygens (including phenoxy) is 6. The Balaban J connectivity index is 1.47. The summed E-state index contributed by atoms with van der Waals surface area (Å²) in [6, 6.07) is 10.4. The van der Waals surface area contributed by atoms with E-state index in [1.807, 2.05) is 18.2 Å². The number of aromatic nitrogens is 1. The third-order valence-corrected chi connectivity index (χ3v) is 5.76. The number of esters is 2. The van der Waals surface area contributed by atoms with Crippen LogP contribution in [0.25, 0.3) is 11.3 Å². The van der Waals surface area contributed by atoms with Gasteiger partial charge in [0.25, 0.3) is 5.76 Å². The van der Waals surface area contributed by atoms with Gasteiger partial charge in [-0.05, 0) is 36.4 Å². The minimum atomic E-state index is -0.859. The molecule has 200 valence electrons. The Bertz CT molecular complexity index is 1360. The molecule has 1 aliphatic heterocycles. The Hall–Kier alpha value is -4.74. The Morgan fingerprint density at radius 3 is 2.16 bits per heavy atom. The first-order valence-corrected chi connectivity index (χ1v) is 11.4. The molecule has 0 saturated carbocycles. The maximum Gasteiger partial charge on any atom is 0.377 e. The number of benzene rings is 2. The van der Waals surface area contributed by atoms with Crippen LogP contribution in [-0.2, 0) is 14.3 Å². The summed E-state index contributed by atoms with van der Waals surface area (Å²) in [5.41, 5.74) is 1.98. The highest BCUT2D eigenvalue weighted by Gasteiger charge is 2.30. The van der Waals surface area contributed by atoms with Gasteiger partial charge in [-0.15, -0.1) is 0 Å². The van der Waals surface area contributed by atoms with E-state index in [0.29, 0.717) is 35.0 Å². The number of hydrogen-bond donors (Lipinski definition) is 0. The predicted octanol–water partition coefficient (Wildman–Crippen LogP) is 3.51. The molecule has 1 aromatic heterocycles. The molecular formula is C26H26N2O10. The number of hydrogen-bond acceptors (Lipinski definition) is 12. The molecule has 3 aromatic rings. The Labute approximate surface area is 217 Å². The van der Waals surface area contributed by atoms with Crippen molar-refractivity contribution in [1.82, 2.24) is 5.16 Å². The molecule has 2 aromatic carbocycles. The summed E-state index contributed by atoms with van der Waals surface area (Å²) in [4.78, 5) is 29.9. The van der Waals surface area contributed by atoms with Crippen molar-refractivity contribution in [2.24, 2.45) is 5.16 Å². The van der Waals surface area contributed by atoms with Crippen molar-refractivity contribution in [1.29, 1.82) is 0 Å². The summed E-state index contributed by atoms with van der Waals surface area (Å²) in [5, 5.41) is 8.07. The molecule has 0 fully saturated rings. The standard InChI is InChI=1S/C26H26N2O10/c1-31-18-8-6-14(10-20(18)32-2)17-12-16(37-27-17)13-36-19-9-7-15(11-21(19)33-3)23-22(25(29)34-4)24(38-28-23)26(30)35-5/h6-11,16H,12-13H2,1-5H3. The average molecular weight is 526 g/mol. The van der Waals surface area contributed by atoms with Crippen molar-refractivity contribution in [3.05, 3.63) is 53.3 Å². The largest absolute Gasteiger partial charge is 0.493 e. The van der Waals surface area contributed by atoms with E-state index < -0.39 is 11.9 Å². The fourth-order valence-corrected chi connectivity index (χ4v) is 3.83. The van der Waals surface area contributed by atoms with E-state index in [-0.39, 0.29) is 29.7 Å². The van der Waals surface area contributed by atoms with Gasteiger partial charge in [0, 0.05) is 17.5 Å². The van der Waals surface area contributed by atoms with Gasteiger partial charge >= 0.3 is 11.9 Å². The number of methoxy groups -OCH3 is 5. The van der Waals surface area contributed by atoms with Gasteiger partial charge in [0.1, 0.15) is 17.9 Å². The second kappa shape index (κ2) is 11.5. The van der Waals surface area contributed by atoms with Crippen LogP contribution in [-0.4, -0.2) is 71.1 Å². The highest BCUT2D eigenvalue weighted by Crippen LogP contribution is 2.35. The van der Waals surface area contributed by atoms with Crippen LogP contribution in [0.5, 0.6) is 23.0 Å². The van der Waals surface area contributed by atoms with Gasteiger partial charge in [-0.2, -0.15) is 0 Å². The first kappa shape index (κ1) is 26.3. The van der Waals surface area contributed by atoms with Gasteiger partial charge in [-0.25, -0.2) is 9.59 Å². The van der Waals surface area contributed by atoms with E-state index in [4.69, 9.17) is 33.0 Å². The molecule has 0 N–H and O–H groups in total. The zero-order chi connectivity index (χ0) is 27.2. The van der Waals surface area contributed by atoms with Crippen LogP contribution >= 0.6 is 0 Å². The van der Waals surface area contributed by atoms with Crippen molar-refractivity contribution in [2.45, 2.75) is 12.5 Å². The van der Waals surface area contributed by atoms with Gasteiger partial charge in [0.15, 0.2) is 29.1 Å². The van der Waals surface area contributed by atoms with Crippen LogP contribution in [0.1, 0.15) is 32.9 Å². The van der Waals surface area contributed by atoms with Crippen LogP contribution in [0.2, 0.25) is 0 Å². The third-order valence-electron chi connectivity index (χ3n) is 5.76. The Morgan fingerprint density at radius 1 is 0.842 bits per heavy atom. The van der Waals surface area contributed by atoms with E-state index in [9.17, 15) is 9.59 Å². The maximum atomic E-state index is 12.4.